The van der Waals surface area contributed by atoms with E-state index < -0.39 is 0 Å². The lowest BCUT2D eigenvalue weighted by atomic mass is 10.2. The molecule has 0 spiro atoms. The van der Waals surface area contributed by atoms with Gasteiger partial charge in [-0.05, 0) is 12.1 Å². The topological polar surface area (TPSA) is 26.0 Å². The molecule has 0 aliphatic heterocycles. The summed E-state index contributed by atoms with van der Waals surface area (Å²) in [5, 5.41) is 0.812. The lowest BCUT2D eigenvalue weighted by Crippen LogP contribution is -2.12. The quantitative estimate of drug-likeness (QED) is 0.865. The first-order valence-corrected chi connectivity index (χ1v) is 5.82. The monoisotopic (exact) mass is 233 g/mol. The normalized spacial score (nSPS) is 12.9. The van der Waals surface area contributed by atoms with Gasteiger partial charge in [-0.1, -0.05) is 24.6 Å². The summed E-state index contributed by atoms with van der Waals surface area (Å²) in [4.78, 5) is 0. The van der Waals surface area contributed by atoms with Gasteiger partial charge in [0.1, 0.15) is 5.82 Å². The third-order valence-corrected chi connectivity index (χ3v) is 3.48. The van der Waals surface area contributed by atoms with Gasteiger partial charge in [-0.15, -0.1) is 0 Å². The molecule has 14 heavy (non-hydrogen) atoms. The highest BCUT2D eigenvalue weighted by molar-refractivity contribution is 7.99. The third-order valence-electron chi connectivity index (χ3n) is 1.91. The fourth-order valence-corrected chi connectivity index (χ4v) is 2.15. The summed E-state index contributed by atoms with van der Waals surface area (Å²) in [7, 11) is 0. The van der Waals surface area contributed by atoms with Crippen molar-refractivity contribution in [3.63, 3.8) is 0 Å². The Bertz CT molecular complexity index is 286. The number of hydrogen-bond acceptors (Lipinski definition) is 2. The molecular weight excluding hydrogens is 221 g/mol. The van der Waals surface area contributed by atoms with E-state index in [1.165, 1.54) is 6.07 Å². The third kappa shape index (κ3) is 3.15. The van der Waals surface area contributed by atoms with Crippen LogP contribution in [-0.2, 0) is 5.75 Å². The van der Waals surface area contributed by atoms with Crippen LogP contribution in [0.4, 0.5) is 4.39 Å². The molecule has 2 N–H and O–H groups in total. The van der Waals surface area contributed by atoms with Crippen molar-refractivity contribution in [3.05, 3.63) is 34.6 Å². The molecule has 1 aromatic rings. The van der Waals surface area contributed by atoms with Gasteiger partial charge in [0, 0.05) is 28.1 Å². The van der Waals surface area contributed by atoms with E-state index in [4.69, 9.17) is 17.3 Å². The highest BCUT2D eigenvalue weighted by Gasteiger charge is 2.08. The first-order valence-electron chi connectivity index (χ1n) is 4.39. The van der Waals surface area contributed by atoms with Gasteiger partial charge >= 0.3 is 0 Å². The maximum Gasteiger partial charge on any atom is 0.128 e. The van der Waals surface area contributed by atoms with Crippen molar-refractivity contribution < 1.29 is 4.39 Å². The molecule has 0 heterocycles. The molecule has 0 radical (unpaired) electrons. The average Bonchev–Trinajstić information content (AvgIpc) is 2.16. The molecule has 1 aromatic carbocycles. The second-order valence-electron chi connectivity index (χ2n) is 3.06. The van der Waals surface area contributed by atoms with Crippen LogP contribution in [0, 0.1) is 5.82 Å². The maximum atomic E-state index is 13.3. The fourth-order valence-electron chi connectivity index (χ4n) is 0.964. The summed E-state index contributed by atoms with van der Waals surface area (Å²) in [6.45, 7) is 2.61. The largest absolute Gasteiger partial charge is 0.329 e. The van der Waals surface area contributed by atoms with E-state index in [-0.39, 0.29) is 5.82 Å². The highest BCUT2D eigenvalue weighted by Crippen LogP contribution is 2.25. The number of rotatable bonds is 4. The van der Waals surface area contributed by atoms with Crippen molar-refractivity contribution in [1.82, 2.24) is 0 Å². The minimum Gasteiger partial charge on any atom is -0.329 e. The number of hydrogen-bond donors (Lipinski definition) is 1. The average molecular weight is 234 g/mol. The Morgan fingerprint density at radius 2 is 2.29 bits per heavy atom. The molecule has 0 bridgehead atoms. The van der Waals surface area contributed by atoms with Gasteiger partial charge in [-0.3, -0.25) is 0 Å². The summed E-state index contributed by atoms with van der Waals surface area (Å²) in [5.74, 6) is 0.332. The first kappa shape index (κ1) is 11.8. The van der Waals surface area contributed by atoms with Crippen molar-refractivity contribution in [2.24, 2.45) is 5.73 Å². The first-order chi connectivity index (χ1) is 6.65. The molecule has 1 atom stereocenters. The lowest BCUT2D eigenvalue weighted by Gasteiger charge is -2.09. The van der Waals surface area contributed by atoms with Gasteiger partial charge in [0.2, 0.25) is 0 Å². The van der Waals surface area contributed by atoms with Gasteiger partial charge in [0.15, 0.2) is 0 Å². The van der Waals surface area contributed by atoms with Crippen molar-refractivity contribution in [3.8, 4) is 0 Å². The second-order valence-corrected chi connectivity index (χ2v) is 4.89. The molecule has 0 saturated heterocycles. The Kier molecular flexibility index (Phi) is 4.72. The van der Waals surface area contributed by atoms with Crippen LogP contribution in [0.1, 0.15) is 12.5 Å². The minimum atomic E-state index is -0.241. The van der Waals surface area contributed by atoms with E-state index in [0.29, 0.717) is 28.1 Å². The van der Waals surface area contributed by atoms with E-state index >= 15 is 0 Å². The zero-order valence-electron chi connectivity index (χ0n) is 7.97. The van der Waals surface area contributed by atoms with Crippen molar-refractivity contribution in [1.29, 1.82) is 0 Å². The molecule has 0 aliphatic rings. The molecule has 0 aromatic heterocycles. The summed E-state index contributed by atoms with van der Waals surface area (Å²) in [5.41, 5.74) is 6.03. The summed E-state index contributed by atoms with van der Waals surface area (Å²) < 4.78 is 13.3. The fraction of sp³-hybridized carbons (Fsp3) is 0.400. The van der Waals surface area contributed by atoms with Crippen LogP contribution in [-0.4, -0.2) is 11.8 Å². The van der Waals surface area contributed by atoms with E-state index in [1.807, 2.05) is 6.92 Å². The zero-order valence-corrected chi connectivity index (χ0v) is 9.54. The second kappa shape index (κ2) is 5.59. The number of thioether (sulfide) groups is 1. The Hall–Kier alpha value is -0.250. The van der Waals surface area contributed by atoms with Gasteiger partial charge in [-0.2, -0.15) is 11.8 Å². The van der Waals surface area contributed by atoms with Gasteiger partial charge < -0.3 is 5.73 Å². The van der Waals surface area contributed by atoms with Crippen LogP contribution in [0.5, 0.6) is 0 Å². The smallest absolute Gasteiger partial charge is 0.128 e. The van der Waals surface area contributed by atoms with Crippen LogP contribution >= 0.6 is 23.4 Å². The standard InChI is InChI=1S/C10H13ClFNS/c1-7(5-13)14-6-8-9(11)3-2-4-10(8)12/h2-4,7H,5-6,13H2,1H3. The maximum absolute atomic E-state index is 13.3. The zero-order chi connectivity index (χ0) is 10.6. The van der Waals surface area contributed by atoms with Crippen LogP contribution in [0.3, 0.4) is 0 Å². The van der Waals surface area contributed by atoms with Gasteiger partial charge in [0.05, 0.1) is 0 Å². The van der Waals surface area contributed by atoms with Crippen molar-refractivity contribution >= 4 is 23.4 Å². The predicted octanol–water partition coefficient (Wildman–Crippen LogP) is 3.06. The van der Waals surface area contributed by atoms with Crippen LogP contribution in [0.25, 0.3) is 0 Å². The SMILES string of the molecule is CC(CN)SCc1c(F)cccc1Cl. The molecule has 0 fully saturated rings. The Balaban J connectivity index is 2.66. The van der Waals surface area contributed by atoms with E-state index in [1.54, 1.807) is 23.9 Å². The van der Waals surface area contributed by atoms with Crippen molar-refractivity contribution in [2.75, 3.05) is 6.54 Å². The molecule has 0 aliphatic carbocycles. The summed E-state index contributed by atoms with van der Waals surface area (Å²) in [6, 6.07) is 4.74. The highest BCUT2D eigenvalue weighted by atomic mass is 35.5. The van der Waals surface area contributed by atoms with Crippen LogP contribution in [0.2, 0.25) is 5.02 Å². The number of halogens is 2. The molecule has 4 heteroatoms. The summed E-state index contributed by atoms with van der Waals surface area (Å²) in [6.07, 6.45) is 0. The summed E-state index contributed by atoms with van der Waals surface area (Å²) >= 11 is 7.48. The Morgan fingerprint density at radius 3 is 2.86 bits per heavy atom. The van der Waals surface area contributed by atoms with E-state index in [0.717, 1.165) is 0 Å². The van der Waals surface area contributed by atoms with Crippen LogP contribution in [0.15, 0.2) is 18.2 Å². The minimum absolute atomic E-state index is 0.241. The molecule has 1 rings (SSSR count). The Morgan fingerprint density at radius 1 is 1.57 bits per heavy atom. The molecule has 0 amide bonds. The van der Waals surface area contributed by atoms with Gasteiger partial charge in [-0.25, -0.2) is 4.39 Å². The molecule has 1 unspecified atom stereocenters. The number of benzene rings is 1. The number of nitrogens with two attached hydrogens (primary N) is 1. The molecule has 1 nitrogen and oxygen atoms in total. The van der Waals surface area contributed by atoms with Crippen molar-refractivity contribution in [2.45, 2.75) is 17.9 Å². The van der Waals surface area contributed by atoms with E-state index in [2.05, 4.69) is 0 Å². The molecule has 0 saturated carbocycles. The van der Waals surface area contributed by atoms with E-state index in [9.17, 15) is 4.39 Å². The molecular formula is C10H13ClFNS. The van der Waals surface area contributed by atoms with Crippen LogP contribution < -0.4 is 5.73 Å². The van der Waals surface area contributed by atoms with Gasteiger partial charge in [0.25, 0.3) is 0 Å². The Labute approximate surface area is 92.8 Å². The lowest BCUT2D eigenvalue weighted by molar-refractivity contribution is 0.617. The predicted molar refractivity (Wildman–Crippen MR) is 61.2 cm³/mol. The molecule has 78 valence electrons.